The quantitative estimate of drug-likeness (QED) is 0.625. The number of benzene rings is 2. The molecule has 1 atom stereocenters. The van der Waals surface area contributed by atoms with E-state index in [4.69, 9.17) is 11.6 Å². The van der Waals surface area contributed by atoms with Crippen LogP contribution in [0.15, 0.2) is 54.6 Å². The Bertz CT molecular complexity index is 965. The van der Waals surface area contributed by atoms with E-state index in [2.05, 4.69) is 16.5 Å². The number of aryl methyl sites for hydroxylation is 2. The molecule has 0 fully saturated rings. The Morgan fingerprint density at radius 2 is 1.89 bits per heavy atom. The van der Waals surface area contributed by atoms with Crippen LogP contribution in [-0.2, 0) is 6.54 Å². The zero-order chi connectivity index (χ0) is 20.3. The van der Waals surface area contributed by atoms with Gasteiger partial charge in [-0.15, -0.1) is 0 Å². The second-order valence-electron chi connectivity index (χ2n) is 7.05. The zero-order valence-corrected chi connectivity index (χ0v) is 17.4. The van der Waals surface area contributed by atoms with Gasteiger partial charge in [-0.25, -0.2) is 4.79 Å². The van der Waals surface area contributed by atoms with Gasteiger partial charge < -0.3 is 10.2 Å². The third-order valence-corrected chi connectivity index (χ3v) is 5.12. The molecule has 1 N–H and O–H groups in total. The Balaban J connectivity index is 1.68. The summed E-state index contributed by atoms with van der Waals surface area (Å²) in [5.74, 6) is 0. The third kappa shape index (κ3) is 4.73. The van der Waals surface area contributed by atoms with Gasteiger partial charge in [0.05, 0.1) is 18.3 Å². The van der Waals surface area contributed by atoms with E-state index in [1.54, 1.807) is 11.9 Å². The van der Waals surface area contributed by atoms with Crippen LogP contribution < -0.4 is 5.32 Å². The van der Waals surface area contributed by atoms with Crippen molar-refractivity contribution in [3.8, 4) is 0 Å². The van der Waals surface area contributed by atoms with E-state index in [0.717, 1.165) is 28.2 Å². The minimum Gasteiger partial charge on any atom is -0.321 e. The molecule has 1 aromatic heterocycles. The molecule has 1 unspecified atom stereocenters. The minimum absolute atomic E-state index is 0.0739. The van der Waals surface area contributed by atoms with Gasteiger partial charge in [0.2, 0.25) is 0 Å². The van der Waals surface area contributed by atoms with Crippen molar-refractivity contribution in [2.24, 2.45) is 0 Å². The molecule has 0 radical (unpaired) electrons. The van der Waals surface area contributed by atoms with Gasteiger partial charge in [0.25, 0.3) is 0 Å². The molecule has 6 heteroatoms. The highest BCUT2D eigenvalue weighted by molar-refractivity contribution is 6.30. The molecular weight excluding hydrogens is 372 g/mol. The highest BCUT2D eigenvalue weighted by Crippen LogP contribution is 2.22. The molecule has 0 aliphatic heterocycles. The fourth-order valence-corrected chi connectivity index (χ4v) is 3.23. The van der Waals surface area contributed by atoms with E-state index in [1.165, 1.54) is 0 Å². The first-order valence-electron chi connectivity index (χ1n) is 9.23. The number of halogens is 1. The number of aromatic nitrogens is 2. The van der Waals surface area contributed by atoms with Crippen LogP contribution in [0.2, 0.25) is 5.02 Å². The highest BCUT2D eigenvalue weighted by Gasteiger charge is 2.17. The Labute approximate surface area is 170 Å². The molecule has 0 aliphatic carbocycles. The Hall–Kier alpha value is -2.79. The standard InChI is InChI=1S/C22H25ClN4O/c1-15-12-16(2)27(25-15)14-18-6-5-7-21(13-18)24-22(28)26(4)17(3)19-8-10-20(23)11-9-19/h5-13,17H,14H2,1-4H3,(H,24,28). The smallest absolute Gasteiger partial charge is 0.321 e. The molecule has 0 aliphatic rings. The normalized spacial score (nSPS) is 11.9. The predicted octanol–water partition coefficient (Wildman–Crippen LogP) is 5.43. The van der Waals surface area contributed by atoms with Gasteiger partial charge in [0, 0.05) is 23.5 Å². The average Bonchev–Trinajstić information content (AvgIpc) is 2.98. The number of nitrogens with one attached hydrogen (secondary N) is 1. The molecule has 3 rings (SSSR count). The molecule has 2 aromatic carbocycles. The first-order chi connectivity index (χ1) is 13.3. The first-order valence-corrected chi connectivity index (χ1v) is 9.60. The molecule has 0 spiro atoms. The van der Waals surface area contributed by atoms with Gasteiger partial charge in [-0.3, -0.25) is 4.68 Å². The lowest BCUT2D eigenvalue weighted by Crippen LogP contribution is -2.33. The maximum Gasteiger partial charge on any atom is 0.322 e. The second kappa shape index (κ2) is 8.48. The highest BCUT2D eigenvalue weighted by atomic mass is 35.5. The lowest BCUT2D eigenvalue weighted by Gasteiger charge is -2.25. The van der Waals surface area contributed by atoms with Gasteiger partial charge in [0.15, 0.2) is 0 Å². The number of rotatable bonds is 5. The molecule has 3 aromatic rings. The van der Waals surface area contributed by atoms with Gasteiger partial charge >= 0.3 is 6.03 Å². The molecule has 146 valence electrons. The largest absolute Gasteiger partial charge is 0.322 e. The number of urea groups is 1. The van der Waals surface area contributed by atoms with Gasteiger partial charge in [0.1, 0.15) is 0 Å². The second-order valence-corrected chi connectivity index (χ2v) is 7.49. The number of carbonyl (C=O) groups is 1. The molecule has 0 bridgehead atoms. The Kier molecular flexibility index (Phi) is 6.05. The SMILES string of the molecule is Cc1cc(C)n(Cc2cccc(NC(=O)N(C)C(C)c3ccc(Cl)cc3)c2)n1. The number of nitrogens with zero attached hydrogens (tertiary/aromatic N) is 3. The summed E-state index contributed by atoms with van der Waals surface area (Å²) >= 11 is 5.95. The monoisotopic (exact) mass is 396 g/mol. The Morgan fingerprint density at radius 1 is 1.18 bits per heavy atom. The van der Waals surface area contributed by atoms with Gasteiger partial charge in [-0.2, -0.15) is 5.10 Å². The van der Waals surface area contributed by atoms with Crippen LogP contribution in [0.25, 0.3) is 0 Å². The third-order valence-electron chi connectivity index (χ3n) is 4.87. The van der Waals surface area contributed by atoms with E-state index >= 15 is 0 Å². The van der Waals surface area contributed by atoms with Crippen LogP contribution in [0, 0.1) is 13.8 Å². The molecule has 0 saturated carbocycles. The molecule has 1 heterocycles. The minimum atomic E-state index is -0.161. The summed E-state index contributed by atoms with van der Waals surface area (Å²) in [5.41, 5.74) is 4.99. The summed E-state index contributed by atoms with van der Waals surface area (Å²) in [6, 6.07) is 17.2. The van der Waals surface area contributed by atoms with Gasteiger partial charge in [-0.05, 0) is 62.2 Å². The molecule has 28 heavy (non-hydrogen) atoms. The van der Waals surface area contributed by atoms with E-state index in [9.17, 15) is 4.79 Å². The predicted molar refractivity (Wildman–Crippen MR) is 114 cm³/mol. The number of amides is 2. The number of carbonyl (C=O) groups excluding carboxylic acids is 1. The topological polar surface area (TPSA) is 50.2 Å². The average molecular weight is 397 g/mol. The van der Waals surface area contributed by atoms with E-state index < -0.39 is 0 Å². The molecule has 5 nitrogen and oxygen atoms in total. The van der Waals surface area contributed by atoms with Crippen LogP contribution in [0.5, 0.6) is 0 Å². The molecule has 0 saturated heterocycles. The summed E-state index contributed by atoms with van der Waals surface area (Å²) in [5, 5.41) is 8.16. The van der Waals surface area contributed by atoms with Crippen LogP contribution >= 0.6 is 11.6 Å². The maximum absolute atomic E-state index is 12.7. The van der Waals surface area contributed by atoms with Crippen LogP contribution in [-0.4, -0.2) is 27.8 Å². The zero-order valence-electron chi connectivity index (χ0n) is 16.6. The summed E-state index contributed by atoms with van der Waals surface area (Å²) in [6.07, 6.45) is 0. The first kappa shape index (κ1) is 20.0. The lowest BCUT2D eigenvalue weighted by molar-refractivity contribution is 0.208. The van der Waals surface area contributed by atoms with Crippen molar-refractivity contribution < 1.29 is 4.79 Å². The van der Waals surface area contributed by atoms with Crippen molar-refractivity contribution in [1.82, 2.24) is 14.7 Å². The van der Waals surface area contributed by atoms with Crippen molar-refractivity contribution >= 4 is 23.3 Å². The van der Waals surface area contributed by atoms with Crippen molar-refractivity contribution in [2.75, 3.05) is 12.4 Å². The van der Waals surface area contributed by atoms with E-state index in [1.807, 2.05) is 74.0 Å². The lowest BCUT2D eigenvalue weighted by atomic mass is 10.1. The van der Waals surface area contributed by atoms with E-state index in [0.29, 0.717) is 11.6 Å². The number of hydrogen-bond donors (Lipinski definition) is 1. The molecule has 2 amide bonds. The van der Waals surface area contributed by atoms with Crippen molar-refractivity contribution in [3.63, 3.8) is 0 Å². The van der Waals surface area contributed by atoms with Crippen molar-refractivity contribution in [1.29, 1.82) is 0 Å². The van der Waals surface area contributed by atoms with Gasteiger partial charge in [-0.1, -0.05) is 35.9 Å². The molecular formula is C22H25ClN4O. The fraction of sp³-hybridized carbons (Fsp3) is 0.273. The summed E-state index contributed by atoms with van der Waals surface area (Å²) in [4.78, 5) is 14.4. The summed E-state index contributed by atoms with van der Waals surface area (Å²) in [7, 11) is 1.79. The number of anilines is 1. The van der Waals surface area contributed by atoms with Crippen LogP contribution in [0.3, 0.4) is 0 Å². The van der Waals surface area contributed by atoms with Crippen LogP contribution in [0.4, 0.5) is 10.5 Å². The van der Waals surface area contributed by atoms with Crippen LogP contribution in [0.1, 0.15) is 35.5 Å². The number of hydrogen-bond acceptors (Lipinski definition) is 2. The van der Waals surface area contributed by atoms with Crippen molar-refractivity contribution in [2.45, 2.75) is 33.4 Å². The summed E-state index contributed by atoms with van der Waals surface area (Å²) < 4.78 is 1.96. The van der Waals surface area contributed by atoms with Crippen molar-refractivity contribution in [3.05, 3.63) is 82.1 Å². The van der Waals surface area contributed by atoms with E-state index in [-0.39, 0.29) is 12.1 Å². The Morgan fingerprint density at radius 3 is 2.54 bits per heavy atom. The maximum atomic E-state index is 12.7. The fourth-order valence-electron chi connectivity index (χ4n) is 3.11. The summed E-state index contributed by atoms with van der Waals surface area (Å²) in [6.45, 7) is 6.68.